The number of hydrogen-bond acceptors (Lipinski definition) is 4. The average molecular weight is 338 g/mol. The number of carbonyl (C=O) groups excluding carboxylic acids is 1. The highest BCUT2D eigenvalue weighted by molar-refractivity contribution is 7.91. The van der Waals surface area contributed by atoms with Crippen LogP contribution in [0.3, 0.4) is 0 Å². The van der Waals surface area contributed by atoms with Crippen LogP contribution in [0, 0.1) is 6.92 Å². The smallest absolute Gasteiger partial charge is 0.252 e. The van der Waals surface area contributed by atoms with Gasteiger partial charge in [0, 0.05) is 5.38 Å². The average Bonchev–Trinajstić information content (AvgIpc) is 2.95. The van der Waals surface area contributed by atoms with Crippen LogP contribution in [0.4, 0.5) is 0 Å². The highest BCUT2D eigenvalue weighted by atomic mass is 32.2. The molecule has 1 amide bonds. The van der Waals surface area contributed by atoms with E-state index in [0.29, 0.717) is 5.56 Å². The van der Waals surface area contributed by atoms with Gasteiger partial charge in [0.15, 0.2) is 0 Å². The highest BCUT2D eigenvalue weighted by Gasteiger charge is 2.18. The Balaban J connectivity index is 2.16. The SMILES string of the molecule is CCC(NC(=O)c1csc(S(N)(=O)=O)c1)c1ccc(C)cc1. The second kappa shape index (κ2) is 6.60. The molecule has 1 atom stereocenters. The molecule has 3 N–H and O–H groups in total. The van der Waals surface area contributed by atoms with E-state index in [1.807, 2.05) is 38.1 Å². The molecule has 0 aliphatic heterocycles. The van der Waals surface area contributed by atoms with Gasteiger partial charge in [0.05, 0.1) is 11.6 Å². The van der Waals surface area contributed by atoms with Crippen LogP contribution in [0.15, 0.2) is 39.9 Å². The van der Waals surface area contributed by atoms with Gasteiger partial charge in [-0.1, -0.05) is 36.8 Å². The van der Waals surface area contributed by atoms with Gasteiger partial charge in [-0.25, -0.2) is 13.6 Å². The minimum absolute atomic E-state index is 0.0129. The number of hydrogen-bond donors (Lipinski definition) is 2. The van der Waals surface area contributed by atoms with E-state index in [1.165, 1.54) is 11.4 Å². The van der Waals surface area contributed by atoms with E-state index in [1.54, 1.807) is 0 Å². The Morgan fingerprint density at radius 1 is 1.32 bits per heavy atom. The molecule has 118 valence electrons. The van der Waals surface area contributed by atoms with Crippen molar-refractivity contribution < 1.29 is 13.2 Å². The number of amides is 1. The summed E-state index contributed by atoms with van der Waals surface area (Å²) in [6, 6.07) is 9.13. The monoisotopic (exact) mass is 338 g/mol. The highest BCUT2D eigenvalue weighted by Crippen LogP contribution is 2.21. The molecule has 1 aromatic heterocycles. The summed E-state index contributed by atoms with van der Waals surface area (Å²) < 4.78 is 22.5. The van der Waals surface area contributed by atoms with E-state index in [-0.39, 0.29) is 16.2 Å². The van der Waals surface area contributed by atoms with Crippen LogP contribution >= 0.6 is 11.3 Å². The molecule has 1 aromatic carbocycles. The summed E-state index contributed by atoms with van der Waals surface area (Å²) in [5, 5.41) is 9.47. The molecular formula is C15H18N2O3S2. The fourth-order valence-electron chi connectivity index (χ4n) is 2.05. The molecule has 1 unspecified atom stereocenters. The third kappa shape index (κ3) is 3.94. The van der Waals surface area contributed by atoms with E-state index >= 15 is 0 Å². The van der Waals surface area contributed by atoms with Crippen molar-refractivity contribution in [3.05, 3.63) is 52.4 Å². The number of thiophene rings is 1. The maximum Gasteiger partial charge on any atom is 0.252 e. The van der Waals surface area contributed by atoms with Crippen molar-refractivity contribution in [1.82, 2.24) is 5.32 Å². The molecule has 22 heavy (non-hydrogen) atoms. The Morgan fingerprint density at radius 3 is 2.45 bits per heavy atom. The molecule has 2 aromatic rings. The summed E-state index contributed by atoms with van der Waals surface area (Å²) in [5.41, 5.74) is 2.48. The Morgan fingerprint density at radius 2 is 1.95 bits per heavy atom. The summed E-state index contributed by atoms with van der Waals surface area (Å²) in [7, 11) is -3.77. The molecule has 0 aliphatic rings. The van der Waals surface area contributed by atoms with Crippen LogP contribution < -0.4 is 10.5 Å². The van der Waals surface area contributed by atoms with Crippen molar-refractivity contribution in [1.29, 1.82) is 0 Å². The molecule has 0 radical (unpaired) electrons. The molecule has 0 bridgehead atoms. The number of rotatable bonds is 5. The molecule has 5 nitrogen and oxygen atoms in total. The zero-order chi connectivity index (χ0) is 16.3. The van der Waals surface area contributed by atoms with Crippen LogP contribution in [0.1, 0.15) is 40.9 Å². The molecule has 0 saturated carbocycles. The molecule has 0 fully saturated rings. The second-order valence-corrected chi connectivity index (χ2v) is 7.74. The zero-order valence-electron chi connectivity index (χ0n) is 12.4. The van der Waals surface area contributed by atoms with Crippen molar-refractivity contribution in [3.8, 4) is 0 Å². The number of benzene rings is 1. The number of aryl methyl sites for hydroxylation is 1. The van der Waals surface area contributed by atoms with E-state index in [2.05, 4.69) is 5.32 Å². The summed E-state index contributed by atoms with van der Waals surface area (Å²) >= 11 is 0.943. The van der Waals surface area contributed by atoms with Gasteiger partial charge in [0.25, 0.3) is 5.91 Å². The maximum atomic E-state index is 12.3. The molecule has 7 heteroatoms. The first-order valence-corrected chi connectivity index (χ1v) is 9.22. The number of carbonyl (C=O) groups is 1. The molecule has 0 spiro atoms. The van der Waals surface area contributed by atoms with Crippen LogP contribution in [0.25, 0.3) is 0 Å². The van der Waals surface area contributed by atoms with E-state index < -0.39 is 10.0 Å². The molecule has 0 aliphatic carbocycles. The second-order valence-electron chi connectivity index (χ2n) is 5.04. The minimum Gasteiger partial charge on any atom is -0.345 e. The minimum atomic E-state index is -3.77. The summed E-state index contributed by atoms with van der Waals surface area (Å²) in [6.45, 7) is 3.98. The standard InChI is InChI=1S/C15H18N2O3S2/c1-3-13(11-6-4-10(2)5-7-11)17-15(18)12-8-14(21-9-12)22(16,19)20/h4-9,13H,3H2,1-2H3,(H,17,18)(H2,16,19,20). The fourth-order valence-corrected chi connectivity index (χ4v) is 3.63. The topological polar surface area (TPSA) is 89.3 Å². The van der Waals surface area contributed by atoms with Crippen molar-refractivity contribution in [2.24, 2.45) is 5.14 Å². The van der Waals surface area contributed by atoms with Gasteiger partial charge < -0.3 is 5.32 Å². The lowest BCUT2D eigenvalue weighted by Gasteiger charge is -2.17. The van der Waals surface area contributed by atoms with Crippen molar-refractivity contribution in [3.63, 3.8) is 0 Å². The van der Waals surface area contributed by atoms with Crippen LogP contribution in [0.2, 0.25) is 0 Å². The van der Waals surface area contributed by atoms with Crippen LogP contribution in [-0.2, 0) is 10.0 Å². The molecule has 0 saturated heterocycles. The fraction of sp³-hybridized carbons (Fsp3) is 0.267. The van der Waals surface area contributed by atoms with Crippen molar-refractivity contribution in [2.75, 3.05) is 0 Å². The molecular weight excluding hydrogens is 320 g/mol. The third-order valence-corrected chi connectivity index (χ3v) is 5.70. The Bertz CT molecular complexity index is 764. The lowest BCUT2D eigenvalue weighted by Crippen LogP contribution is -2.27. The first kappa shape index (κ1) is 16.7. The van der Waals surface area contributed by atoms with Gasteiger partial charge in [0.1, 0.15) is 4.21 Å². The van der Waals surface area contributed by atoms with Gasteiger partial charge in [-0.2, -0.15) is 0 Å². The first-order valence-electron chi connectivity index (χ1n) is 6.80. The summed E-state index contributed by atoms with van der Waals surface area (Å²) in [6.07, 6.45) is 0.737. The van der Waals surface area contributed by atoms with Crippen LogP contribution in [-0.4, -0.2) is 14.3 Å². The lowest BCUT2D eigenvalue weighted by atomic mass is 10.0. The van der Waals surface area contributed by atoms with E-state index in [4.69, 9.17) is 5.14 Å². The van der Waals surface area contributed by atoms with Gasteiger partial charge in [0.2, 0.25) is 10.0 Å². The normalized spacial score (nSPS) is 12.9. The lowest BCUT2D eigenvalue weighted by molar-refractivity contribution is 0.0936. The quantitative estimate of drug-likeness (QED) is 0.878. The third-order valence-electron chi connectivity index (χ3n) is 3.31. The predicted molar refractivity (Wildman–Crippen MR) is 87.4 cm³/mol. The van der Waals surface area contributed by atoms with Gasteiger partial charge >= 0.3 is 0 Å². The van der Waals surface area contributed by atoms with Gasteiger partial charge in [-0.3, -0.25) is 4.79 Å². The van der Waals surface area contributed by atoms with Crippen molar-refractivity contribution >= 4 is 27.3 Å². The summed E-state index contributed by atoms with van der Waals surface area (Å²) in [4.78, 5) is 12.3. The Labute approximate surface area is 134 Å². The number of nitrogens with two attached hydrogens (primary N) is 1. The zero-order valence-corrected chi connectivity index (χ0v) is 14.0. The number of sulfonamides is 1. The summed E-state index contributed by atoms with van der Waals surface area (Å²) in [5.74, 6) is -0.307. The van der Waals surface area contributed by atoms with Crippen molar-refractivity contribution in [2.45, 2.75) is 30.5 Å². The van der Waals surface area contributed by atoms with Gasteiger partial charge in [-0.15, -0.1) is 11.3 Å². The van der Waals surface area contributed by atoms with E-state index in [9.17, 15) is 13.2 Å². The number of nitrogens with one attached hydrogen (secondary N) is 1. The van der Waals surface area contributed by atoms with Gasteiger partial charge in [-0.05, 0) is 25.0 Å². The maximum absolute atomic E-state index is 12.3. The predicted octanol–water partition coefficient (Wildman–Crippen LogP) is 2.59. The Hall–Kier alpha value is -1.70. The number of primary sulfonamides is 1. The first-order chi connectivity index (χ1) is 10.3. The largest absolute Gasteiger partial charge is 0.345 e. The molecule has 2 rings (SSSR count). The van der Waals surface area contributed by atoms with Crippen LogP contribution in [0.5, 0.6) is 0 Å². The Kier molecular flexibility index (Phi) is 5.00. The van der Waals surface area contributed by atoms with E-state index in [0.717, 1.165) is 28.9 Å². The molecule has 1 heterocycles.